The second-order valence-corrected chi connectivity index (χ2v) is 9.98. The third-order valence-electron chi connectivity index (χ3n) is 5.84. The Labute approximate surface area is 171 Å². The zero-order valence-corrected chi connectivity index (χ0v) is 17.6. The molecule has 156 valence electrons. The van der Waals surface area contributed by atoms with E-state index in [1.54, 1.807) is 12.3 Å². The average molecular weight is 418 g/mol. The predicted molar refractivity (Wildman–Crippen MR) is 111 cm³/mol. The van der Waals surface area contributed by atoms with Crippen LogP contribution in [0, 0.1) is 0 Å². The average Bonchev–Trinajstić information content (AvgIpc) is 3.26. The number of nitrogens with zero attached hydrogens (tertiary/aromatic N) is 2. The van der Waals surface area contributed by atoms with Gasteiger partial charge in [-0.2, -0.15) is 0 Å². The number of furan rings is 1. The SMILES string of the molecule is CC1Cc2ccccc2N1Cc1occc1C(=O)NC1CCCN(S(C)(=O)=O)C1. The van der Waals surface area contributed by atoms with E-state index in [9.17, 15) is 13.2 Å². The number of fused-ring (bicyclic) bond motifs is 1. The molecule has 1 fully saturated rings. The second-order valence-electron chi connectivity index (χ2n) is 8.00. The van der Waals surface area contributed by atoms with Crippen LogP contribution >= 0.6 is 0 Å². The van der Waals surface area contributed by atoms with Crippen molar-refractivity contribution in [1.82, 2.24) is 9.62 Å². The number of carbonyl (C=O) groups excluding carboxylic acids is 1. The third kappa shape index (κ3) is 4.18. The van der Waals surface area contributed by atoms with Crippen molar-refractivity contribution in [3.05, 3.63) is 53.5 Å². The van der Waals surface area contributed by atoms with Crippen molar-refractivity contribution in [3.8, 4) is 0 Å². The lowest BCUT2D eigenvalue weighted by Gasteiger charge is -2.31. The molecular weight excluding hydrogens is 390 g/mol. The van der Waals surface area contributed by atoms with Crippen molar-refractivity contribution in [2.75, 3.05) is 24.2 Å². The molecule has 2 aromatic rings. The summed E-state index contributed by atoms with van der Waals surface area (Å²) in [6.07, 6.45) is 5.22. The van der Waals surface area contributed by atoms with Crippen molar-refractivity contribution >= 4 is 21.6 Å². The highest BCUT2D eigenvalue weighted by atomic mass is 32.2. The lowest BCUT2D eigenvalue weighted by Crippen LogP contribution is -2.49. The highest BCUT2D eigenvalue weighted by molar-refractivity contribution is 7.88. The topological polar surface area (TPSA) is 82.9 Å². The fourth-order valence-corrected chi connectivity index (χ4v) is 5.23. The van der Waals surface area contributed by atoms with Gasteiger partial charge in [-0.05, 0) is 43.9 Å². The molecule has 2 atom stereocenters. The van der Waals surface area contributed by atoms with Crippen LogP contribution in [-0.2, 0) is 23.0 Å². The van der Waals surface area contributed by atoms with E-state index in [4.69, 9.17) is 4.42 Å². The summed E-state index contributed by atoms with van der Waals surface area (Å²) in [5, 5.41) is 3.00. The van der Waals surface area contributed by atoms with E-state index in [0.717, 1.165) is 19.3 Å². The van der Waals surface area contributed by atoms with Gasteiger partial charge in [-0.25, -0.2) is 12.7 Å². The van der Waals surface area contributed by atoms with E-state index in [2.05, 4.69) is 29.3 Å². The summed E-state index contributed by atoms with van der Waals surface area (Å²) in [5.74, 6) is 0.413. The Morgan fingerprint density at radius 1 is 1.28 bits per heavy atom. The molecule has 1 N–H and O–H groups in total. The van der Waals surface area contributed by atoms with E-state index in [1.807, 2.05) is 12.1 Å². The summed E-state index contributed by atoms with van der Waals surface area (Å²) in [4.78, 5) is 15.2. The van der Waals surface area contributed by atoms with Crippen LogP contribution in [0.2, 0.25) is 0 Å². The number of carbonyl (C=O) groups is 1. The molecule has 8 heteroatoms. The summed E-state index contributed by atoms with van der Waals surface area (Å²) in [6.45, 7) is 3.52. The molecule has 2 unspecified atom stereocenters. The number of hydrogen-bond donors (Lipinski definition) is 1. The Bertz CT molecular complexity index is 1000. The van der Waals surface area contributed by atoms with Crippen LogP contribution in [0.15, 0.2) is 41.0 Å². The Balaban J connectivity index is 1.46. The number of anilines is 1. The van der Waals surface area contributed by atoms with Gasteiger partial charge in [0.25, 0.3) is 5.91 Å². The monoisotopic (exact) mass is 417 g/mol. The smallest absolute Gasteiger partial charge is 0.255 e. The quantitative estimate of drug-likeness (QED) is 0.808. The van der Waals surface area contributed by atoms with Gasteiger partial charge in [-0.3, -0.25) is 4.79 Å². The van der Waals surface area contributed by atoms with Gasteiger partial charge in [0.2, 0.25) is 10.0 Å². The molecule has 1 amide bonds. The van der Waals surface area contributed by atoms with E-state index in [1.165, 1.54) is 21.8 Å². The van der Waals surface area contributed by atoms with Gasteiger partial charge in [-0.1, -0.05) is 18.2 Å². The van der Waals surface area contributed by atoms with Crippen molar-refractivity contribution in [2.45, 2.75) is 44.8 Å². The Kier molecular flexibility index (Phi) is 5.40. The van der Waals surface area contributed by atoms with Gasteiger partial charge in [-0.15, -0.1) is 0 Å². The minimum Gasteiger partial charge on any atom is -0.467 e. The maximum Gasteiger partial charge on any atom is 0.255 e. The molecular formula is C21H27N3O4S. The molecule has 0 aliphatic carbocycles. The van der Waals surface area contributed by atoms with Gasteiger partial charge < -0.3 is 14.6 Å². The molecule has 4 rings (SSSR count). The number of sulfonamides is 1. The van der Waals surface area contributed by atoms with Crippen LogP contribution < -0.4 is 10.2 Å². The number of nitrogens with one attached hydrogen (secondary N) is 1. The van der Waals surface area contributed by atoms with Crippen molar-refractivity contribution in [3.63, 3.8) is 0 Å². The number of piperidine rings is 1. The molecule has 0 bridgehead atoms. The van der Waals surface area contributed by atoms with E-state index in [0.29, 0.717) is 37.0 Å². The summed E-state index contributed by atoms with van der Waals surface area (Å²) < 4.78 is 30.7. The van der Waals surface area contributed by atoms with Crippen molar-refractivity contribution in [1.29, 1.82) is 0 Å². The van der Waals surface area contributed by atoms with Crippen LogP contribution in [0.1, 0.15) is 41.4 Å². The molecule has 7 nitrogen and oxygen atoms in total. The minimum atomic E-state index is -3.25. The fourth-order valence-electron chi connectivity index (χ4n) is 4.32. The first-order chi connectivity index (χ1) is 13.8. The summed E-state index contributed by atoms with van der Waals surface area (Å²) >= 11 is 0. The maximum atomic E-state index is 12.9. The van der Waals surface area contributed by atoms with E-state index in [-0.39, 0.29) is 11.9 Å². The molecule has 0 saturated carbocycles. The van der Waals surface area contributed by atoms with Crippen LogP contribution in [0.25, 0.3) is 0 Å². The van der Waals surface area contributed by atoms with Crippen LogP contribution in [-0.4, -0.2) is 50.1 Å². The van der Waals surface area contributed by atoms with Gasteiger partial charge in [0.1, 0.15) is 5.76 Å². The Morgan fingerprint density at radius 2 is 2.07 bits per heavy atom. The zero-order valence-electron chi connectivity index (χ0n) is 16.8. The summed E-state index contributed by atoms with van der Waals surface area (Å²) in [7, 11) is -3.25. The number of benzene rings is 1. The standard InChI is InChI=1S/C21H27N3O4S/c1-15-12-16-6-3-4-8-19(16)24(15)14-20-18(9-11-28-20)21(25)22-17-7-5-10-23(13-17)29(2,26)27/h3-4,6,8-9,11,15,17H,5,7,10,12-14H2,1-2H3,(H,22,25). The second kappa shape index (κ2) is 7.84. The van der Waals surface area contributed by atoms with Gasteiger partial charge in [0, 0.05) is 30.9 Å². The number of para-hydroxylation sites is 1. The number of rotatable bonds is 5. The Morgan fingerprint density at radius 3 is 2.86 bits per heavy atom. The van der Waals surface area contributed by atoms with E-state index < -0.39 is 10.0 Å². The number of hydrogen-bond acceptors (Lipinski definition) is 5. The molecule has 2 aliphatic rings. The fraction of sp³-hybridized carbons (Fsp3) is 0.476. The Hall–Kier alpha value is -2.32. The predicted octanol–water partition coefficient (Wildman–Crippen LogP) is 2.38. The highest BCUT2D eigenvalue weighted by Crippen LogP contribution is 2.33. The first kappa shape index (κ1) is 20.0. The number of amides is 1. The summed E-state index contributed by atoms with van der Waals surface area (Å²) in [6, 6.07) is 10.1. The van der Waals surface area contributed by atoms with Gasteiger partial charge >= 0.3 is 0 Å². The largest absolute Gasteiger partial charge is 0.467 e. The van der Waals surface area contributed by atoms with Crippen molar-refractivity contribution < 1.29 is 17.6 Å². The van der Waals surface area contributed by atoms with Crippen molar-refractivity contribution in [2.24, 2.45) is 0 Å². The molecule has 2 aliphatic heterocycles. The molecule has 1 aromatic heterocycles. The van der Waals surface area contributed by atoms with Gasteiger partial charge in [0.15, 0.2) is 0 Å². The molecule has 0 radical (unpaired) electrons. The lowest BCUT2D eigenvalue weighted by molar-refractivity contribution is 0.0919. The molecule has 0 spiro atoms. The highest BCUT2D eigenvalue weighted by Gasteiger charge is 2.30. The van der Waals surface area contributed by atoms with Gasteiger partial charge in [0.05, 0.1) is 24.6 Å². The normalized spacial score (nSPS) is 22.5. The molecule has 3 heterocycles. The molecule has 1 aromatic carbocycles. The molecule has 29 heavy (non-hydrogen) atoms. The third-order valence-corrected chi connectivity index (χ3v) is 7.11. The van der Waals surface area contributed by atoms with Crippen LogP contribution in [0.5, 0.6) is 0 Å². The first-order valence-corrected chi connectivity index (χ1v) is 11.8. The molecule has 1 saturated heterocycles. The minimum absolute atomic E-state index is 0.194. The zero-order chi connectivity index (χ0) is 20.6. The van der Waals surface area contributed by atoms with E-state index >= 15 is 0 Å². The van der Waals surface area contributed by atoms with Crippen LogP contribution in [0.3, 0.4) is 0 Å². The summed E-state index contributed by atoms with van der Waals surface area (Å²) in [5.41, 5.74) is 3.00. The first-order valence-electron chi connectivity index (χ1n) is 10.00. The maximum absolute atomic E-state index is 12.9. The van der Waals surface area contributed by atoms with Crippen LogP contribution in [0.4, 0.5) is 5.69 Å². The lowest BCUT2D eigenvalue weighted by atomic mass is 10.1.